The summed E-state index contributed by atoms with van der Waals surface area (Å²) in [4.78, 5) is 12.8. The molecule has 0 heterocycles. The number of rotatable bonds is 4. The second-order valence-electron chi connectivity index (χ2n) is 5.53. The number of benzene rings is 2. The molecule has 5 heteroatoms. The lowest BCUT2D eigenvalue weighted by Gasteiger charge is -2.12. The van der Waals surface area contributed by atoms with Crippen molar-refractivity contribution in [1.82, 2.24) is 0 Å². The molecule has 0 aliphatic heterocycles. The van der Waals surface area contributed by atoms with Crippen molar-refractivity contribution in [2.45, 2.75) is 12.8 Å². The molecule has 120 valence electrons. The summed E-state index contributed by atoms with van der Waals surface area (Å²) < 4.78 is 12.7. The first-order valence-electron chi connectivity index (χ1n) is 7.27. The van der Waals surface area contributed by atoms with Crippen LogP contribution in [-0.4, -0.2) is 20.0 Å². The third-order valence-electron chi connectivity index (χ3n) is 4.22. The largest absolute Gasteiger partial charge is 0.496 e. The van der Waals surface area contributed by atoms with Crippen LogP contribution >= 0.6 is 31.9 Å². The minimum Gasteiger partial charge on any atom is -0.496 e. The number of hydrogen-bond donors (Lipinski definition) is 0. The monoisotopic (exact) mass is 438 g/mol. The van der Waals surface area contributed by atoms with E-state index in [1.165, 1.54) is 0 Å². The quantitative estimate of drug-likeness (QED) is 0.684. The first-order chi connectivity index (χ1) is 11.0. The van der Waals surface area contributed by atoms with E-state index < -0.39 is 0 Å². The highest BCUT2D eigenvalue weighted by atomic mass is 79.9. The third-order valence-corrected chi connectivity index (χ3v) is 5.37. The fourth-order valence-electron chi connectivity index (χ4n) is 3.14. The number of methoxy groups -OCH3 is 2. The molecule has 0 saturated heterocycles. The number of halogens is 2. The summed E-state index contributed by atoms with van der Waals surface area (Å²) in [6.45, 7) is 0. The highest BCUT2D eigenvalue weighted by Crippen LogP contribution is 2.40. The smallest absolute Gasteiger partial charge is 0.168 e. The van der Waals surface area contributed by atoms with Crippen molar-refractivity contribution >= 4 is 37.6 Å². The Morgan fingerprint density at radius 2 is 1.78 bits per heavy atom. The van der Waals surface area contributed by atoms with Gasteiger partial charge in [0.25, 0.3) is 0 Å². The van der Waals surface area contributed by atoms with Gasteiger partial charge in [0.2, 0.25) is 0 Å². The van der Waals surface area contributed by atoms with E-state index in [1.54, 1.807) is 14.2 Å². The van der Waals surface area contributed by atoms with Gasteiger partial charge in [0.15, 0.2) is 5.78 Å². The molecule has 2 aromatic rings. The van der Waals surface area contributed by atoms with Crippen LogP contribution in [0, 0.1) is 5.92 Å². The molecule has 3 rings (SSSR count). The zero-order chi connectivity index (χ0) is 16.6. The van der Waals surface area contributed by atoms with Gasteiger partial charge in [-0.3, -0.25) is 4.79 Å². The Bertz CT molecular complexity index is 771. The highest BCUT2D eigenvalue weighted by Gasteiger charge is 2.35. The third kappa shape index (κ3) is 3.04. The fourth-order valence-corrected chi connectivity index (χ4v) is 4.12. The number of carbonyl (C=O) groups is 1. The SMILES string of the molecule is COc1ccc(Br)cc1CC1Cc2c(OC)ccc(Br)c2C1=O. The van der Waals surface area contributed by atoms with E-state index in [9.17, 15) is 4.79 Å². The Hall–Kier alpha value is -1.33. The molecule has 0 N–H and O–H groups in total. The summed E-state index contributed by atoms with van der Waals surface area (Å²) in [7, 11) is 3.29. The Balaban J connectivity index is 1.94. The maximum atomic E-state index is 12.8. The van der Waals surface area contributed by atoms with Crippen LogP contribution in [-0.2, 0) is 12.8 Å². The predicted octanol–water partition coefficient (Wildman–Crippen LogP) is 4.83. The van der Waals surface area contributed by atoms with Crippen LogP contribution in [0.15, 0.2) is 39.3 Å². The molecule has 2 aromatic carbocycles. The second kappa shape index (κ2) is 6.65. The van der Waals surface area contributed by atoms with E-state index in [1.807, 2.05) is 30.3 Å². The van der Waals surface area contributed by atoms with Crippen LogP contribution in [0.4, 0.5) is 0 Å². The molecule has 3 nitrogen and oxygen atoms in total. The molecule has 1 unspecified atom stereocenters. The number of ketones is 1. The number of fused-ring (bicyclic) bond motifs is 1. The fraction of sp³-hybridized carbons (Fsp3) is 0.278. The molecular weight excluding hydrogens is 424 g/mol. The molecule has 0 saturated carbocycles. The Kier molecular flexibility index (Phi) is 4.78. The lowest BCUT2D eigenvalue weighted by molar-refractivity contribution is 0.0935. The minimum atomic E-state index is -0.0965. The van der Waals surface area contributed by atoms with Crippen molar-refractivity contribution in [2.24, 2.45) is 5.92 Å². The summed E-state index contributed by atoms with van der Waals surface area (Å²) in [6, 6.07) is 9.65. The maximum absolute atomic E-state index is 12.8. The molecule has 0 bridgehead atoms. The van der Waals surface area contributed by atoms with E-state index in [0.717, 1.165) is 37.1 Å². The first kappa shape index (κ1) is 16.5. The van der Waals surface area contributed by atoms with Crippen LogP contribution in [0.3, 0.4) is 0 Å². The second-order valence-corrected chi connectivity index (χ2v) is 7.30. The first-order valence-corrected chi connectivity index (χ1v) is 8.85. The number of hydrogen-bond acceptors (Lipinski definition) is 3. The Morgan fingerprint density at radius 3 is 2.48 bits per heavy atom. The lowest BCUT2D eigenvalue weighted by atomic mass is 9.95. The van der Waals surface area contributed by atoms with Gasteiger partial charge in [0.05, 0.1) is 14.2 Å². The standard InChI is InChI=1S/C18H16Br2O3/c1-22-15-5-3-12(19)8-10(15)7-11-9-13-16(23-2)6-4-14(20)17(13)18(11)21/h3-6,8,11H,7,9H2,1-2H3. The predicted molar refractivity (Wildman–Crippen MR) is 96.6 cm³/mol. The zero-order valence-electron chi connectivity index (χ0n) is 12.9. The van der Waals surface area contributed by atoms with E-state index in [-0.39, 0.29) is 11.7 Å². The van der Waals surface area contributed by atoms with Crippen LogP contribution in [0.2, 0.25) is 0 Å². The maximum Gasteiger partial charge on any atom is 0.168 e. The molecular formula is C18H16Br2O3. The van der Waals surface area contributed by atoms with Gasteiger partial charge in [-0.15, -0.1) is 0 Å². The van der Waals surface area contributed by atoms with E-state index in [4.69, 9.17) is 9.47 Å². The van der Waals surface area contributed by atoms with Gasteiger partial charge < -0.3 is 9.47 Å². The molecule has 1 aliphatic rings. The van der Waals surface area contributed by atoms with E-state index in [0.29, 0.717) is 12.8 Å². The van der Waals surface area contributed by atoms with Gasteiger partial charge in [-0.25, -0.2) is 0 Å². The van der Waals surface area contributed by atoms with Gasteiger partial charge in [-0.05, 0) is 48.7 Å². The molecule has 23 heavy (non-hydrogen) atoms. The Morgan fingerprint density at radius 1 is 1.09 bits per heavy atom. The Labute approximate surface area is 152 Å². The molecule has 1 atom stereocenters. The topological polar surface area (TPSA) is 35.5 Å². The summed E-state index contributed by atoms with van der Waals surface area (Å²) in [5.41, 5.74) is 2.78. The molecule has 0 spiro atoms. The summed E-state index contributed by atoms with van der Waals surface area (Å²) >= 11 is 6.98. The van der Waals surface area contributed by atoms with Crippen molar-refractivity contribution in [2.75, 3.05) is 14.2 Å². The van der Waals surface area contributed by atoms with Crippen LogP contribution in [0.5, 0.6) is 11.5 Å². The molecule has 0 radical (unpaired) electrons. The van der Waals surface area contributed by atoms with Gasteiger partial charge in [-0.1, -0.05) is 31.9 Å². The number of carbonyl (C=O) groups excluding carboxylic acids is 1. The molecule has 1 aliphatic carbocycles. The van der Waals surface area contributed by atoms with Gasteiger partial charge >= 0.3 is 0 Å². The summed E-state index contributed by atoms with van der Waals surface area (Å²) in [5, 5.41) is 0. The minimum absolute atomic E-state index is 0.0965. The van der Waals surface area contributed by atoms with Crippen LogP contribution in [0.25, 0.3) is 0 Å². The van der Waals surface area contributed by atoms with Gasteiger partial charge in [0, 0.05) is 26.0 Å². The molecule has 0 aromatic heterocycles. The van der Waals surface area contributed by atoms with Crippen LogP contribution < -0.4 is 9.47 Å². The van der Waals surface area contributed by atoms with Crippen LogP contribution in [0.1, 0.15) is 21.5 Å². The zero-order valence-corrected chi connectivity index (χ0v) is 16.0. The van der Waals surface area contributed by atoms with Crippen molar-refractivity contribution in [1.29, 1.82) is 0 Å². The lowest BCUT2D eigenvalue weighted by Crippen LogP contribution is -2.13. The normalized spacial score (nSPS) is 16.3. The highest BCUT2D eigenvalue weighted by molar-refractivity contribution is 9.10. The summed E-state index contributed by atoms with van der Waals surface area (Å²) in [5.74, 6) is 1.65. The van der Waals surface area contributed by atoms with Crippen molar-refractivity contribution < 1.29 is 14.3 Å². The van der Waals surface area contributed by atoms with E-state index in [2.05, 4.69) is 31.9 Å². The average Bonchev–Trinajstić information content (AvgIpc) is 2.86. The molecule has 0 amide bonds. The summed E-state index contributed by atoms with van der Waals surface area (Å²) in [6.07, 6.45) is 1.33. The van der Waals surface area contributed by atoms with Gasteiger partial charge in [-0.2, -0.15) is 0 Å². The number of Topliss-reactive ketones (excluding diaryl/α,β-unsaturated/α-hetero) is 1. The van der Waals surface area contributed by atoms with Gasteiger partial charge in [0.1, 0.15) is 11.5 Å². The average molecular weight is 440 g/mol. The van der Waals surface area contributed by atoms with Crippen molar-refractivity contribution in [3.05, 3.63) is 56.0 Å². The van der Waals surface area contributed by atoms with E-state index >= 15 is 0 Å². The number of ether oxygens (including phenoxy) is 2. The van der Waals surface area contributed by atoms with Crippen molar-refractivity contribution in [3.63, 3.8) is 0 Å². The molecule has 0 fully saturated rings. The van der Waals surface area contributed by atoms with Crippen molar-refractivity contribution in [3.8, 4) is 11.5 Å².